The summed E-state index contributed by atoms with van der Waals surface area (Å²) in [7, 11) is -3.97. The van der Waals surface area contributed by atoms with Gasteiger partial charge < -0.3 is 20.3 Å². The van der Waals surface area contributed by atoms with E-state index in [1.165, 1.54) is 52.9 Å². The minimum atomic E-state index is -3.97. The number of aromatic nitrogens is 2. The van der Waals surface area contributed by atoms with Crippen molar-refractivity contribution < 1.29 is 27.5 Å². The number of halogens is 1. The summed E-state index contributed by atoms with van der Waals surface area (Å²) in [6.45, 7) is 2.28. The van der Waals surface area contributed by atoms with Crippen molar-refractivity contribution >= 4 is 31.2 Å². The average molecular weight is 730 g/mol. The molecule has 272 valence electrons. The number of anilines is 1. The first-order valence-corrected chi connectivity index (χ1v) is 19.5. The molecule has 0 saturated carbocycles. The van der Waals surface area contributed by atoms with E-state index in [0.29, 0.717) is 18.6 Å². The Labute approximate surface area is 298 Å². The minimum Gasteiger partial charge on any atom is -0.413 e. The second-order valence-corrected chi connectivity index (χ2v) is 14.0. The van der Waals surface area contributed by atoms with Crippen LogP contribution in [-0.2, 0) is 18.6 Å². The number of thioether (sulfide) groups is 1. The van der Waals surface area contributed by atoms with Gasteiger partial charge in [0.2, 0.25) is 5.91 Å². The summed E-state index contributed by atoms with van der Waals surface area (Å²) in [5.74, 6) is 0.0873. The van der Waals surface area contributed by atoms with Gasteiger partial charge in [0, 0.05) is 31.5 Å². The first kappa shape index (κ1) is 40.7. The lowest BCUT2D eigenvalue weighted by molar-refractivity contribution is -0.121. The highest BCUT2D eigenvalue weighted by Gasteiger charge is 2.33. The molecule has 11 nitrogen and oxygen atoms in total. The van der Waals surface area contributed by atoms with Gasteiger partial charge in [-0.15, -0.1) is 11.8 Å². The van der Waals surface area contributed by atoms with Gasteiger partial charge in [-0.3, -0.25) is 13.9 Å². The van der Waals surface area contributed by atoms with E-state index >= 15 is 0 Å². The number of carbonyl (C=O) groups is 1. The van der Waals surface area contributed by atoms with E-state index in [-0.39, 0.29) is 37.2 Å². The largest absolute Gasteiger partial charge is 0.458 e. The van der Waals surface area contributed by atoms with Gasteiger partial charge in [-0.2, -0.15) is 4.98 Å². The van der Waals surface area contributed by atoms with Crippen LogP contribution < -0.4 is 26.4 Å². The smallest absolute Gasteiger partial charge is 0.413 e. The topological polar surface area (TPSA) is 147 Å². The Bertz CT molecular complexity index is 1560. The zero-order valence-corrected chi connectivity index (χ0v) is 30.2. The van der Waals surface area contributed by atoms with Crippen molar-refractivity contribution in [1.82, 2.24) is 20.0 Å². The number of hydrogen-bond acceptors (Lipinski definition) is 9. The van der Waals surface area contributed by atoms with Crippen molar-refractivity contribution in [3.63, 3.8) is 0 Å². The number of benzene rings is 1. The van der Waals surface area contributed by atoms with E-state index in [2.05, 4.69) is 83.1 Å². The van der Waals surface area contributed by atoms with E-state index in [1.807, 2.05) is 0 Å². The van der Waals surface area contributed by atoms with Crippen LogP contribution in [0.5, 0.6) is 5.75 Å². The van der Waals surface area contributed by atoms with Gasteiger partial charge in [0.15, 0.2) is 0 Å². The molecular formula is C36H49FN5O6PS. The summed E-state index contributed by atoms with van der Waals surface area (Å²) in [5, 5.41) is 5.56. The highest BCUT2D eigenvalue weighted by atomic mass is 32.2. The molecule has 0 radical (unpaired) electrons. The normalized spacial score (nSPS) is 17.9. The monoisotopic (exact) mass is 729 g/mol. The van der Waals surface area contributed by atoms with Gasteiger partial charge in [0.05, 0.1) is 6.61 Å². The van der Waals surface area contributed by atoms with Crippen LogP contribution in [0.2, 0.25) is 0 Å². The molecule has 0 spiro atoms. The zero-order chi connectivity index (χ0) is 35.9. The first-order chi connectivity index (χ1) is 24.3. The molecule has 1 fully saturated rings. The number of rotatable bonds is 23. The molecule has 0 bridgehead atoms. The summed E-state index contributed by atoms with van der Waals surface area (Å²) in [4.78, 5) is 28.2. The summed E-state index contributed by atoms with van der Waals surface area (Å²) in [5.41, 5.74) is 4.47. The fourth-order valence-electron chi connectivity index (χ4n) is 4.45. The van der Waals surface area contributed by atoms with Crippen molar-refractivity contribution in [2.75, 3.05) is 31.2 Å². The SMILES string of the molecule is CC/C=C\C/C=C\C/C=C\C/C=C\C/C=C\CCCC(=O)NCCNP(=O)(OC[C@@H]1OC(n2ccc(N)nc2=O)CS1)Oc1ccc(F)cc1. The molecule has 3 rings (SSSR count). The molecule has 4 N–H and O–H groups in total. The Morgan fingerprint density at radius 1 is 1.02 bits per heavy atom. The molecule has 14 heteroatoms. The van der Waals surface area contributed by atoms with E-state index in [9.17, 15) is 18.5 Å². The Morgan fingerprint density at radius 3 is 2.30 bits per heavy atom. The molecule has 1 amide bonds. The molecule has 2 unspecified atom stereocenters. The second kappa shape index (κ2) is 23.6. The quantitative estimate of drug-likeness (QED) is 0.0601. The highest BCUT2D eigenvalue weighted by molar-refractivity contribution is 8.00. The predicted molar refractivity (Wildman–Crippen MR) is 199 cm³/mol. The van der Waals surface area contributed by atoms with Crippen molar-refractivity contribution in [3.05, 3.63) is 114 Å². The fraction of sp³-hybridized carbons (Fsp3) is 0.417. The number of unbranched alkanes of at least 4 members (excludes halogenated alkanes) is 1. The molecule has 2 heterocycles. The standard InChI is InChI=1S/C36H49FN5O6PS/c1-2-3-4-5-6-7-8-9-10-11-12-13-14-15-16-17-18-19-33(43)39-25-26-40-49(45,48-31-22-20-30(37)21-23-31)46-28-35-47-34(29-50-35)42-27-24-32(38)41-36(42)44/h3-4,6-7,9-10,12-13,15-16,20-24,27,34-35H,2,5,8,11,14,17-19,25-26,28-29H2,1H3,(H,39,43)(H,40,45)(H2,38,41,44)/b4-3-,7-6-,10-9-,13-12-,16-15-/t34?,35-,49?/m1/s1. The third-order valence-corrected chi connectivity index (χ3v) is 9.65. The summed E-state index contributed by atoms with van der Waals surface area (Å²) in [6.07, 6.45) is 29.0. The molecular weight excluding hydrogens is 680 g/mol. The van der Waals surface area contributed by atoms with Crippen molar-refractivity contribution in [2.24, 2.45) is 0 Å². The van der Waals surface area contributed by atoms with Crippen LogP contribution >= 0.6 is 19.5 Å². The molecule has 1 aromatic carbocycles. The van der Waals surface area contributed by atoms with Gasteiger partial charge >= 0.3 is 13.4 Å². The molecule has 50 heavy (non-hydrogen) atoms. The fourth-order valence-corrected chi connectivity index (χ4v) is 6.87. The van der Waals surface area contributed by atoms with E-state index < -0.39 is 30.9 Å². The maximum Gasteiger partial charge on any atom is 0.458 e. The number of nitrogens with zero attached hydrogens (tertiary/aromatic N) is 2. The van der Waals surface area contributed by atoms with Crippen molar-refractivity contribution in [3.8, 4) is 5.75 Å². The maximum atomic E-state index is 13.6. The Hall–Kier alpha value is -3.74. The summed E-state index contributed by atoms with van der Waals surface area (Å²) >= 11 is 1.37. The van der Waals surface area contributed by atoms with Crippen molar-refractivity contribution in [1.29, 1.82) is 0 Å². The Kier molecular flexibility index (Phi) is 19.2. The number of allylic oxidation sites excluding steroid dienone is 10. The van der Waals surface area contributed by atoms with Gasteiger partial charge in [-0.25, -0.2) is 18.8 Å². The molecule has 1 aliphatic rings. The van der Waals surface area contributed by atoms with E-state index in [1.54, 1.807) is 0 Å². The lowest BCUT2D eigenvalue weighted by Gasteiger charge is -2.22. The number of nitrogens with two attached hydrogens (primary N) is 1. The summed E-state index contributed by atoms with van der Waals surface area (Å²) in [6, 6.07) is 6.53. The molecule has 1 aromatic heterocycles. The molecule has 0 aliphatic carbocycles. The van der Waals surface area contributed by atoms with Crippen LogP contribution in [0.15, 0.2) is 102 Å². The predicted octanol–water partition coefficient (Wildman–Crippen LogP) is 7.38. The van der Waals surface area contributed by atoms with Crippen molar-refractivity contribution in [2.45, 2.75) is 70.0 Å². The summed E-state index contributed by atoms with van der Waals surface area (Å²) < 4.78 is 45.6. The van der Waals surface area contributed by atoms with Gasteiger partial charge in [-0.05, 0) is 75.3 Å². The number of carbonyl (C=O) groups excluding carboxylic acids is 1. The van der Waals surface area contributed by atoms with Gasteiger partial charge in [-0.1, -0.05) is 67.7 Å². The van der Waals surface area contributed by atoms with Crippen LogP contribution in [0, 0.1) is 5.82 Å². The number of ether oxygens (including phenoxy) is 1. The van der Waals surface area contributed by atoms with Gasteiger partial charge in [0.25, 0.3) is 0 Å². The van der Waals surface area contributed by atoms with E-state index in [4.69, 9.17) is 19.5 Å². The zero-order valence-electron chi connectivity index (χ0n) is 28.5. The van der Waals surface area contributed by atoms with Crippen LogP contribution in [0.4, 0.5) is 10.2 Å². The van der Waals surface area contributed by atoms with Crippen LogP contribution in [0.1, 0.15) is 64.5 Å². The third-order valence-electron chi connectivity index (χ3n) is 7.00. The second-order valence-electron chi connectivity index (χ2n) is 11.1. The number of nitrogen functional groups attached to an aromatic ring is 1. The van der Waals surface area contributed by atoms with Gasteiger partial charge in [0.1, 0.15) is 29.0 Å². The van der Waals surface area contributed by atoms with Crippen LogP contribution in [0.25, 0.3) is 0 Å². The maximum absolute atomic E-state index is 13.6. The minimum absolute atomic E-state index is 0.0901. The molecule has 1 aliphatic heterocycles. The van der Waals surface area contributed by atoms with Crippen LogP contribution in [0.3, 0.4) is 0 Å². The first-order valence-electron chi connectivity index (χ1n) is 16.9. The average Bonchev–Trinajstić information content (AvgIpc) is 3.57. The molecule has 2 aromatic rings. The third kappa shape index (κ3) is 16.8. The molecule has 1 saturated heterocycles. The number of nitrogens with one attached hydrogen (secondary N) is 2. The Morgan fingerprint density at radius 2 is 1.66 bits per heavy atom. The van der Waals surface area contributed by atoms with E-state index in [0.717, 1.165) is 38.5 Å². The van der Waals surface area contributed by atoms with Crippen LogP contribution in [-0.4, -0.2) is 46.3 Å². The lowest BCUT2D eigenvalue weighted by atomic mass is 10.2. The number of amides is 1. The Balaban J connectivity index is 1.32. The number of hydrogen-bond donors (Lipinski definition) is 3. The molecule has 3 atom stereocenters. The highest BCUT2D eigenvalue weighted by Crippen LogP contribution is 2.45. The lowest BCUT2D eigenvalue weighted by Crippen LogP contribution is -2.32.